The van der Waals surface area contributed by atoms with E-state index in [0.29, 0.717) is 5.02 Å². The van der Waals surface area contributed by atoms with Gasteiger partial charge < -0.3 is 0 Å². The van der Waals surface area contributed by atoms with Crippen LogP contribution in [-0.2, 0) is 4.79 Å². The lowest BCUT2D eigenvalue weighted by Crippen LogP contribution is -2.27. The Morgan fingerprint density at radius 2 is 2.15 bits per heavy atom. The van der Waals surface area contributed by atoms with Crippen LogP contribution in [0.1, 0.15) is 5.56 Å². The second-order valence-electron chi connectivity index (χ2n) is 2.36. The lowest BCUT2D eigenvalue weighted by molar-refractivity contribution is -0.116. The number of carbonyl (C=O) groups excluding carboxylic acids is 1. The highest BCUT2D eigenvalue weighted by Crippen LogP contribution is 2.15. The molecule has 0 aromatic heterocycles. The molecule has 0 saturated heterocycles. The summed E-state index contributed by atoms with van der Waals surface area (Å²) in [7, 11) is 0. The molecule has 0 aliphatic rings. The van der Waals surface area contributed by atoms with Crippen molar-refractivity contribution >= 4 is 23.6 Å². The fraction of sp³-hybridized carbons (Fsp3) is 0. The molecule has 4 heteroatoms. The van der Waals surface area contributed by atoms with Gasteiger partial charge >= 0.3 is 0 Å². The Morgan fingerprint density at radius 3 is 2.77 bits per heavy atom. The molecule has 0 spiro atoms. The predicted molar refractivity (Wildman–Crippen MR) is 52.8 cm³/mol. The van der Waals surface area contributed by atoms with Gasteiger partial charge in [0.25, 0.3) is 5.91 Å². The molecule has 0 bridgehead atoms. The third-order valence-electron chi connectivity index (χ3n) is 1.46. The third-order valence-corrected chi connectivity index (χ3v) is 1.81. The fourth-order valence-electron chi connectivity index (χ4n) is 0.824. The molecule has 68 valence electrons. The Morgan fingerprint density at radius 1 is 1.46 bits per heavy atom. The summed E-state index contributed by atoms with van der Waals surface area (Å²) in [6, 6.07) is 7.22. The first-order valence-corrected chi connectivity index (χ1v) is 4.05. The SMILES string of the molecule is NNC(=O)/C=C/c1ccccc1Cl. The highest BCUT2D eigenvalue weighted by Gasteiger charge is 1.94. The molecule has 1 rings (SSSR count). The molecule has 0 radical (unpaired) electrons. The Labute approximate surface area is 81.2 Å². The van der Waals surface area contributed by atoms with Crippen molar-refractivity contribution in [1.82, 2.24) is 5.43 Å². The van der Waals surface area contributed by atoms with Gasteiger partial charge in [0.15, 0.2) is 0 Å². The van der Waals surface area contributed by atoms with Crippen LogP contribution in [0.2, 0.25) is 5.02 Å². The van der Waals surface area contributed by atoms with Gasteiger partial charge in [0.2, 0.25) is 0 Å². The van der Waals surface area contributed by atoms with Crippen LogP contribution in [-0.4, -0.2) is 5.91 Å². The maximum Gasteiger partial charge on any atom is 0.257 e. The Bertz CT molecular complexity index is 336. The maximum absolute atomic E-state index is 10.7. The number of amides is 1. The first-order chi connectivity index (χ1) is 6.24. The molecule has 0 aliphatic carbocycles. The van der Waals surface area contributed by atoms with Crippen LogP contribution < -0.4 is 11.3 Å². The molecule has 13 heavy (non-hydrogen) atoms. The molecule has 1 amide bonds. The average Bonchev–Trinajstić information content (AvgIpc) is 2.16. The Hall–Kier alpha value is -1.32. The summed E-state index contributed by atoms with van der Waals surface area (Å²) in [5.41, 5.74) is 2.77. The van der Waals surface area contributed by atoms with E-state index in [1.807, 2.05) is 23.6 Å². The van der Waals surface area contributed by atoms with Gasteiger partial charge in [-0.25, -0.2) is 5.84 Å². The zero-order valence-corrected chi connectivity index (χ0v) is 7.58. The molecule has 3 N–H and O–H groups in total. The monoisotopic (exact) mass is 196 g/mol. The summed E-state index contributed by atoms with van der Waals surface area (Å²) in [6.45, 7) is 0. The number of halogens is 1. The summed E-state index contributed by atoms with van der Waals surface area (Å²) >= 11 is 5.84. The van der Waals surface area contributed by atoms with Crippen LogP contribution in [0.5, 0.6) is 0 Å². The summed E-state index contributed by atoms with van der Waals surface area (Å²) in [5, 5.41) is 0.601. The third kappa shape index (κ3) is 2.89. The van der Waals surface area contributed by atoms with Crippen LogP contribution in [0, 0.1) is 0 Å². The number of hydrogen-bond donors (Lipinski definition) is 2. The number of carbonyl (C=O) groups is 1. The number of nitrogens with one attached hydrogen (secondary N) is 1. The Balaban J connectivity index is 2.80. The molecule has 1 aromatic rings. The van der Waals surface area contributed by atoms with Crippen molar-refractivity contribution in [3.05, 3.63) is 40.9 Å². The molecule has 0 unspecified atom stereocenters. The topological polar surface area (TPSA) is 55.1 Å². The first kappa shape index (κ1) is 9.77. The smallest absolute Gasteiger partial charge is 0.257 e. The normalized spacial score (nSPS) is 10.3. The minimum Gasteiger partial charge on any atom is -0.291 e. The van der Waals surface area contributed by atoms with Gasteiger partial charge in [-0.1, -0.05) is 29.8 Å². The molecule has 3 nitrogen and oxygen atoms in total. The van der Waals surface area contributed by atoms with Gasteiger partial charge in [0, 0.05) is 11.1 Å². The van der Waals surface area contributed by atoms with Crippen molar-refractivity contribution in [3.8, 4) is 0 Å². The van der Waals surface area contributed by atoms with E-state index in [4.69, 9.17) is 17.4 Å². The molecule has 0 saturated carbocycles. The number of nitrogens with two attached hydrogens (primary N) is 1. The van der Waals surface area contributed by atoms with E-state index in [1.165, 1.54) is 6.08 Å². The highest BCUT2D eigenvalue weighted by atomic mass is 35.5. The van der Waals surface area contributed by atoms with Crippen molar-refractivity contribution in [2.24, 2.45) is 5.84 Å². The van der Waals surface area contributed by atoms with Gasteiger partial charge in [0.1, 0.15) is 0 Å². The molecule has 0 aliphatic heterocycles. The van der Waals surface area contributed by atoms with Crippen molar-refractivity contribution in [3.63, 3.8) is 0 Å². The first-order valence-electron chi connectivity index (χ1n) is 3.67. The van der Waals surface area contributed by atoms with Gasteiger partial charge in [-0.15, -0.1) is 0 Å². The van der Waals surface area contributed by atoms with Crippen LogP contribution in [0.15, 0.2) is 30.3 Å². The highest BCUT2D eigenvalue weighted by molar-refractivity contribution is 6.32. The standard InChI is InChI=1S/C9H9ClN2O/c10-8-4-2-1-3-7(8)5-6-9(13)12-11/h1-6H,11H2,(H,12,13)/b6-5+. The molecule has 0 fully saturated rings. The lowest BCUT2D eigenvalue weighted by atomic mass is 10.2. The van der Waals surface area contributed by atoms with E-state index in [2.05, 4.69) is 0 Å². The minimum atomic E-state index is -0.361. The van der Waals surface area contributed by atoms with Crippen LogP contribution in [0.25, 0.3) is 6.08 Å². The Kier molecular flexibility index (Phi) is 3.49. The molecule has 0 atom stereocenters. The zero-order valence-electron chi connectivity index (χ0n) is 6.83. The van der Waals surface area contributed by atoms with Gasteiger partial charge in [-0.2, -0.15) is 0 Å². The molecular weight excluding hydrogens is 188 g/mol. The van der Waals surface area contributed by atoms with E-state index >= 15 is 0 Å². The second kappa shape index (κ2) is 4.64. The van der Waals surface area contributed by atoms with Crippen molar-refractivity contribution in [2.45, 2.75) is 0 Å². The van der Waals surface area contributed by atoms with Gasteiger partial charge in [-0.05, 0) is 17.7 Å². The number of rotatable bonds is 2. The lowest BCUT2D eigenvalue weighted by Gasteiger charge is -1.95. The van der Waals surface area contributed by atoms with Crippen LogP contribution >= 0.6 is 11.6 Å². The zero-order chi connectivity index (χ0) is 9.68. The molecular formula is C9H9ClN2O. The molecule has 0 heterocycles. The van der Waals surface area contributed by atoms with Crippen LogP contribution in [0.3, 0.4) is 0 Å². The van der Waals surface area contributed by atoms with E-state index in [9.17, 15) is 4.79 Å². The van der Waals surface area contributed by atoms with Crippen molar-refractivity contribution in [2.75, 3.05) is 0 Å². The fourth-order valence-corrected chi connectivity index (χ4v) is 1.02. The predicted octanol–water partition coefficient (Wildman–Crippen LogP) is 1.34. The summed E-state index contributed by atoms with van der Waals surface area (Å²) in [5.74, 6) is 4.53. The minimum absolute atomic E-state index is 0.361. The number of hydrogen-bond acceptors (Lipinski definition) is 2. The summed E-state index contributed by atoms with van der Waals surface area (Å²) < 4.78 is 0. The van der Waals surface area contributed by atoms with E-state index < -0.39 is 0 Å². The second-order valence-corrected chi connectivity index (χ2v) is 2.77. The van der Waals surface area contributed by atoms with Crippen molar-refractivity contribution < 1.29 is 4.79 Å². The quantitative estimate of drug-likeness (QED) is 0.325. The van der Waals surface area contributed by atoms with Crippen molar-refractivity contribution in [1.29, 1.82) is 0 Å². The van der Waals surface area contributed by atoms with Crippen LogP contribution in [0.4, 0.5) is 0 Å². The molecule has 1 aromatic carbocycles. The largest absolute Gasteiger partial charge is 0.291 e. The van der Waals surface area contributed by atoms with E-state index in [-0.39, 0.29) is 5.91 Å². The summed E-state index contributed by atoms with van der Waals surface area (Å²) in [6.07, 6.45) is 2.92. The van der Waals surface area contributed by atoms with E-state index in [1.54, 1.807) is 12.1 Å². The van der Waals surface area contributed by atoms with Gasteiger partial charge in [0.05, 0.1) is 0 Å². The van der Waals surface area contributed by atoms with Gasteiger partial charge in [-0.3, -0.25) is 10.2 Å². The number of hydrazine groups is 1. The maximum atomic E-state index is 10.7. The van der Waals surface area contributed by atoms with E-state index in [0.717, 1.165) is 5.56 Å². The number of benzene rings is 1. The average molecular weight is 197 g/mol. The summed E-state index contributed by atoms with van der Waals surface area (Å²) in [4.78, 5) is 10.7.